The van der Waals surface area contributed by atoms with Gasteiger partial charge in [-0.1, -0.05) is 11.6 Å². The first-order valence-electron chi connectivity index (χ1n) is 9.29. The molecule has 0 aliphatic carbocycles. The quantitative estimate of drug-likeness (QED) is 0.436. The van der Waals surface area contributed by atoms with Crippen LogP contribution in [-0.4, -0.2) is 39.7 Å². The molecule has 1 unspecified atom stereocenters. The van der Waals surface area contributed by atoms with Crippen LogP contribution in [0.4, 0.5) is 8.78 Å². The zero-order valence-corrected chi connectivity index (χ0v) is 17.0. The van der Waals surface area contributed by atoms with E-state index in [1.165, 1.54) is 12.1 Å². The fraction of sp³-hybridized carbons (Fsp3) is 0.526. The molecule has 1 aromatic carbocycles. The molecule has 1 aromatic heterocycles. The predicted octanol–water partition coefficient (Wildman–Crippen LogP) is 3.07. The van der Waals surface area contributed by atoms with Crippen molar-refractivity contribution in [2.24, 2.45) is 7.05 Å². The highest BCUT2D eigenvalue weighted by Gasteiger charge is 2.33. The Kier molecular flexibility index (Phi) is 5.59. The second-order valence-electron chi connectivity index (χ2n) is 7.45. The molecule has 152 valence electrons. The second-order valence-corrected chi connectivity index (χ2v) is 8.22. The smallest absolute Gasteiger partial charge is 0.179 e. The van der Waals surface area contributed by atoms with Crippen LogP contribution < -0.4 is 5.32 Å². The minimum absolute atomic E-state index is 0.000908. The highest BCUT2D eigenvalue weighted by molar-refractivity contribution is 7.71. The molecule has 2 aliphatic heterocycles. The normalized spacial score (nSPS) is 22.6. The summed E-state index contributed by atoms with van der Waals surface area (Å²) in [5.74, 6) is -1.70. The van der Waals surface area contributed by atoms with Gasteiger partial charge in [-0.25, -0.2) is 8.78 Å². The van der Waals surface area contributed by atoms with E-state index in [0.29, 0.717) is 37.4 Å². The molecule has 1 fully saturated rings. The number of halogens is 3. The first kappa shape index (κ1) is 20.0. The number of nitrogens with zero attached hydrogens (tertiary/aromatic N) is 2. The lowest BCUT2D eigenvalue weighted by molar-refractivity contribution is 0.112. The topological polar surface area (TPSA) is 51.4 Å². The van der Waals surface area contributed by atoms with Crippen LogP contribution in [0.2, 0.25) is 5.02 Å². The summed E-state index contributed by atoms with van der Waals surface area (Å²) in [4.78, 5) is 0. The van der Waals surface area contributed by atoms with Gasteiger partial charge in [-0.3, -0.25) is 5.32 Å². The lowest BCUT2D eigenvalue weighted by Gasteiger charge is -2.18. The van der Waals surface area contributed by atoms with Crippen molar-refractivity contribution in [2.75, 3.05) is 13.2 Å². The summed E-state index contributed by atoms with van der Waals surface area (Å²) in [5, 5.41) is 13.5. The minimum Gasteiger partial charge on any atom is -0.380 e. The Balaban J connectivity index is 1.59. The van der Waals surface area contributed by atoms with Gasteiger partial charge in [0.2, 0.25) is 0 Å². The van der Waals surface area contributed by atoms with Crippen LogP contribution in [-0.2, 0) is 31.2 Å². The lowest BCUT2D eigenvalue weighted by atomic mass is 9.95. The molecule has 3 atom stereocenters. The number of fused-ring (bicyclic) bond motifs is 1. The van der Waals surface area contributed by atoms with Crippen molar-refractivity contribution in [3.8, 4) is 0 Å². The van der Waals surface area contributed by atoms with Crippen LogP contribution in [0, 0.1) is 16.4 Å². The Labute approximate surface area is 171 Å². The molecule has 0 spiro atoms. The fourth-order valence-electron chi connectivity index (χ4n) is 4.24. The largest absolute Gasteiger partial charge is 0.380 e. The van der Waals surface area contributed by atoms with E-state index in [0.717, 1.165) is 17.8 Å². The first-order valence-corrected chi connectivity index (χ1v) is 10.1. The molecule has 2 N–H and O–H groups in total. The van der Waals surface area contributed by atoms with Crippen LogP contribution in [0.15, 0.2) is 12.1 Å². The Morgan fingerprint density at radius 2 is 2.21 bits per heavy atom. The minimum atomic E-state index is -0.752. The first-order chi connectivity index (χ1) is 13.4. The van der Waals surface area contributed by atoms with E-state index in [9.17, 15) is 13.9 Å². The van der Waals surface area contributed by atoms with Crippen molar-refractivity contribution in [1.29, 1.82) is 0 Å². The van der Waals surface area contributed by atoms with Crippen molar-refractivity contribution < 1.29 is 18.6 Å². The Morgan fingerprint density at radius 3 is 2.93 bits per heavy atom. The van der Waals surface area contributed by atoms with Crippen LogP contribution in [0.3, 0.4) is 0 Å². The van der Waals surface area contributed by atoms with Crippen molar-refractivity contribution in [2.45, 2.75) is 44.0 Å². The summed E-state index contributed by atoms with van der Waals surface area (Å²) in [6.45, 7) is 1.66. The average Bonchev–Trinajstić information content (AvgIpc) is 3.35. The summed E-state index contributed by atoms with van der Waals surface area (Å²) < 4.78 is 38.5. The number of aliphatic hydroxyl groups excluding tert-OH is 1. The molecule has 5 nitrogen and oxygen atoms in total. The number of nitrogens with one attached hydrogen (secondary N) is 1. The molecular weight excluding hydrogens is 408 g/mol. The van der Waals surface area contributed by atoms with E-state index < -0.39 is 17.9 Å². The average molecular weight is 430 g/mol. The number of imidazole rings is 1. The fourth-order valence-corrected chi connectivity index (χ4v) is 4.70. The van der Waals surface area contributed by atoms with Crippen LogP contribution in [0.1, 0.15) is 29.3 Å². The van der Waals surface area contributed by atoms with Gasteiger partial charge >= 0.3 is 0 Å². The maximum absolute atomic E-state index is 14.5. The number of benzene rings is 1. The predicted molar refractivity (Wildman–Crippen MR) is 104 cm³/mol. The van der Waals surface area contributed by atoms with E-state index in [4.69, 9.17) is 28.6 Å². The molecule has 9 heteroatoms. The van der Waals surface area contributed by atoms with Crippen LogP contribution in [0.25, 0.3) is 0 Å². The maximum atomic E-state index is 14.5. The molecule has 28 heavy (non-hydrogen) atoms. The van der Waals surface area contributed by atoms with Gasteiger partial charge in [0, 0.05) is 55.5 Å². The van der Waals surface area contributed by atoms with Crippen molar-refractivity contribution in [1.82, 2.24) is 14.5 Å². The van der Waals surface area contributed by atoms with Gasteiger partial charge in [0.25, 0.3) is 0 Å². The van der Waals surface area contributed by atoms with Crippen LogP contribution >= 0.6 is 23.8 Å². The van der Waals surface area contributed by atoms with Gasteiger partial charge in [0.15, 0.2) is 4.77 Å². The van der Waals surface area contributed by atoms with E-state index in [1.807, 2.05) is 16.2 Å². The monoisotopic (exact) mass is 429 g/mol. The van der Waals surface area contributed by atoms with Gasteiger partial charge in [0.1, 0.15) is 17.9 Å². The van der Waals surface area contributed by atoms with Crippen molar-refractivity contribution in [3.63, 3.8) is 0 Å². The molecule has 4 rings (SSSR count). The van der Waals surface area contributed by atoms with E-state index in [1.54, 1.807) is 0 Å². The number of aliphatic hydroxyl groups is 1. The molecule has 1 saturated heterocycles. The Morgan fingerprint density at radius 1 is 1.43 bits per heavy atom. The van der Waals surface area contributed by atoms with E-state index in [-0.39, 0.29) is 22.5 Å². The van der Waals surface area contributed by atoms with Crippen molar-refractivity contribution >= 4 is 23.8 Å². The Bertz CT molecular complexity index is 956. The molecular formula is C19H22ClF2N3O2S. The third-order valence-electron chi connectivity index (χ3n) is 5.66. The van der Waals surface area contributed by atoms with Gasteiger partial charge in [-0.2, -0.15) is 0 Å². The van der Waals surface area contributed by atoms with Crippen LogP contribution in [0.5, 0.6) is 0 Å². The number of rotatable bonds is 5. The van der Waals surface area contributed by atoms with E-state index in [2.05, 4.69) is 5.32 Å². The molecule has 2 aliphatic rings. The molecule has 0 radical (unpaired) electrons. The molecule has 0 saturated carbocycles. The van der Waals surface area contributed by atoms with Gasteiger partial charge in [0.05, 0.1) is 11.6 Å². The zero-order valence-electron chi connectivity index (χ0n) is 15.4. The number of aromatic nitrogens is 2. The van der Waals surface area contributed by atoms with E-state index >= 15 is 0 Å². The zero-order chi connectivity index (χ0) is 20.0. The van der Waals surface area contributed by atoms with Gasteiger partial charge in [-0.05, 0) is 37.2 Å². The molecule has 0 amide bonds. The summed E-state index contributed by atoms with van der Waals surface area (Å²) in [5.41, 5.74) is 1.77. The van der Waals surface area contributed by atoms with Gasteiger partial charge < -0.3 is 19.0 Å². The summed E-state index contributed by atoms with van der Waals surface area (Å²) >= 11 is 11.4. The molecule has 3 heterocycles. The number of hydrogen-bond donors (Lipinski definition) is 2. The van der Waals surface area contributed by atoms with Crippen molar-refractivity contribution in [3.05, 3.63) is 50.5 Å². The molecule has 2 aromatic rings. The second kappa shape index (κ2) is 7.84. The summed E-state index contributed by atoms with van der Waals surface area (Å²) in [6.07, 6.45) is 0.899. The molecule has 0 bridgehead atoms. The standard InChI is InChI=1S/C19H22ClF2N3O2S/c1-24-14(7-16(26)23-11-4-5-27-9-11)15-6-10(8-25(15)19(24)28)17-13(21)3-2-12(20)18(17)22/h2-3,10-11,16,23,26H,4-9H2,1H3/t10-,11-,16?/m1/s1. The number of hydrogen-bond acceptors (Lipinski definition) is 4. The summed E-state index contributed by atoms with van der Waals surface area (Å²) in [6, 6.07) is 2.55. The Hall–Kier alpha value is -1.32. The summed E-state index contributed by atoms with van der Waals surface area (Å²) in [7, 11) is 1.85. The lowest BCUT2D eigenvalue weighted by Crippen LogP contribution is -2.40. The highest BCUT2D eigenvalue weighted by Crippen LogP contribution is 2.37. The SMILES string of the molecule is Cn1c(CC(O)N[C@@H]2CCOC2)c2n(c1=S)C[C@H](c1c(F)ccc(Cl)c1F)C2. The maximum Gasteiger partial charge on any atom is 0.179 e. The third kappa shape index (κ3) is 3.52. The third-order valence-corrected chi connectivity index (χ3v) is 6.44. The highest BCUT2D eigenvalue weighted by atomic mass is 35.5. The van der Waals surface area contributed by atoms with Gasteiger partial charge in [-0.15, -0.1) is 0 Å². The number of ether oxygens (including phenoxy) is 1.